The van der Waals surface area contributed by atoms with Gasteiger partial charge in [-0.1, -0.05) is 13.2 Å². The molecule has 0 aromatic rings. The fraction of sp³-hybridized carbons (Fsp3) is 0.222. The minimum atomic E-state index is -0.966. The molecule has 1 aliphatic rings. The summed E-state index contributed by atoms with van der Waals surface area (Å²) in [4.78, 5) is 18.5. The van der Waals surface area contributed by atoms with Crippen LogP contribution in [0.1, 0.15) is 0 Å². The van der Waals surface area contributed by atoms with Crippen LogP contribution in [0, 0.1) is 0 Å². The summed E-state index contributed by atoms with van der Waals surface area (Å²) in [6.45, 7) is 7.24. The van der Waals surface area contributed by atoms with E-state index < -0.39 is 12.0 Å². The minimum absolute atomic E-state index is 0.175. The number of hydrogen-bond donors (Lipinski definition) is 1. The Morgan fingerprint density at radius 2 is 2.08 bits per heavy atom. The van der Waals surface area contributed by atoms with Crippen LogP contribution in [-0.4, -0.2) is 35.1 Å². The molecule has 0 aliphatic carbocycles. The van der Waals surface area contributed by atoms with Crippen molar-refractivity contribution in [2.75, 3.05) is 6.54 Å². The molecule has 1 N–H and O–H groups in total. The van der Waals surface area contributed by atoms with E-state index in [1.807, 2.05) is 0 Å². The van der Waals surface area contributed by atoms with Gasteiger partial charge in [0.05, 0.1) is 18.0 Å². The average Bonchev–Trinajstić information content (AvgIpc) is 2.16. The van der Waals surface area contributed by atoms with Crippen LogP contribution in [0.15, 0.2) is 35.3 Å². The van der Waals surface area contributed by atoms with Gasteiger partial charge >= 0.3 is 5.97 Å². The summed E-state index contributed by atoms with van der Waals surface area (Å²) >= 11 is 0. The molecular weight excluding hydrogens is 168 g/mol. The molecule has 0 bridgehead atoms. The second-order valence-electron chi connectivity index (χ2n) is 2.50. The van der Waals surface area contributed by atoms with Crippen molar-refractivity contribution in [3.63, 3.8) is 0 Å². The second kappa shape index (κ2) is 3.80. The van der Waals surface area contributed by atoms with Crippen LogP contribution >= 0.6 is 0 Å². The van der Waals surface area contributed by atoms with Gasteiger partial charge in [-0.25, -0.2) is 4.79 Å². The highest BCUT2D eigenvalue weighted by molar-refractivity contribution is 6.50. The van der Waals surface area contributed by atoms with Crippen molar-refractivity contribution in [1.82, 2.24) is 0 Å². The number of allylic oxidation sites excluding steroid dienone is 2. The molecule has 13 heavy (non-hydrogen) atoms. The van der Waals surface area contributed by atoms with Gasteiger partial charge in [0.1, 0.15) is 0 Å². The number of carboxylic acids is 1. The molecule has 1 atom stereocenters. The Balaban J connectivity index is 2.94. The summed E-state index contributed by atoms with van der Waals surface area (Å²) in [5, 5.41) is 8.67. The fourth-order valence-electron chi connectivity index (χ4n) is 1.00. The molecular formula is C9H10N2O2. The second-order valence-corrected chi connectivity index (χ2v) is 2.50. The lowest BCUT2D eigenvalue weighted by Crippen LogP contribution is -2.29. The summed E-state index contributed by atoms with van der Waals surface area (Å²) in [6.07, 6.45) is 3.02. The molecule has 0 aromatic heterocycles. The molecule has 0 saturated carbocycles. The number of carbonyl (C=O) groups is 1. The van der Waals surface area contributed by atoms with Gasteiger partial charge in [0.2, 0.25) is 0 Å². The van der Waals surface area contributed by atoms with E-state index >= 15 is 0 Å². The van der Waals surface area contributed by atoms with Gasteiger partial charge in [-0.05, 0) is 12.2 Å². The number of carboxylic acid groups (broad SMARTS) is 1. The van der Waals surface area contributed by atoms with Gasteiger partial charge in [0, 0.05) is 0 Å². The van der Waals surface area contributed by atoms with Gasteiger partial charge in [-0.15, -0.1) is 0 Å². The largest absolute Gasteiger partial charge is 0.480 e. The van der Waals surface area contributed by atoms with Crippen molar-refractivity contribution in [2.45, 2.75) is 6.04 Å². The lowest BCUT2D eigenvalue weighted by atomic mass is 10.1. The highest BCUT2D eigenvalue weighted by atomic mass is 16.4. The number of aliphatic carboxylic acids is 1. The Kier molecular flexibility index (Phi) is 2.74. The van der Waals surface area contributed by atoms with Crippen LogP contribution in [0.5, 0.6) is 0 Å². The molecule has 0 spiro atoms. The molecule has 68 valence electrons. The Hall–Kier alpha value is -1.71. The maximum Gasteiger partial charge on any atom is 0.330 e. The van der Waals surface area contributed by atoms with Gasteiger partial charge in [0.15, 0.2) is 6.04 Å². The van der Waals surface area contributed by atoms with E-state index in [0.717, 1.165) is 0 Å². The lowest BCUT2D eigenvalue weighted by Gasteiger charge is -2.13. The molecule has 1 rings (SSSR count). The van der Waals surface area contributed by atoms with Gasteiger partial charge < -0.3 is 5.11 Å². The zero-order valence-corrected chi connectivity index (χ0v) is 7.10. The van der Waals surface area contributed by atoms with Crippen LogP contribution in [0.25, 0.3) is 0 Å². The monoisotopic (exact) mass is 178 g/mol. The Labute approximate surface area is 76.0 Å². The number of rotatable bonds is 3. The predicted octanol–water partition coefficient (Wildman–Crippen LogP) is 0.707. The van der Waals surface area contributed by atoms with E-state index in [-0.39, 0.29) is 6.54 Å². The highest BCUT2D eigenvalue weighted by Gasteiger charge is 2.20. The first-order valence-electron chi connectivity index (χ1n) is 3.79. The molecule has 0 amide bonds. The van der Waals surface area contributed by atoms with Crippen LogP contribution in [0.2, 0.25) is 0 Å². The molecule has 4 heteroatoms. The molecule has 0 saturated heterocycles. The van der Waals surface area contributed by atoms with E-state index in [2.05, 4.69) is 23.1 Å². The summed E-state index contributed by atoms with van der Waals surface area (Å²) in [7, 11) is 0. The molecule has 1 unspecified atom stereocenters. The first kappa shape index (κ1) is 9.38. The standard InChI is InChI=1S/C9H10N2O2/c1-3-6-7(4-2)11-8(5-10-6)9(12)13/h3-4,8H,1-2,5H2,(H,12,13). The molecule has 0 radical (unpaired) electrons. The van der Waals surface area contributed by atoms with Crippen molar-refractivity contribution in [3.05, 3.63) is 25.3 Å². The first-order chi connectivity index (χ1) is 6.19. The number of nitrogens with zero attached hydrogens (tertiary/aromatic N) is 2. The van der Waals surface area contributed by atoms with E-state index in [4.69, 9.17) is 5.11 Å². The normalized spacial score (nSPS) is 21.4. The molecule has 4 nitrogen and oxygen atoms in total. The Bertz CT molecular complexity index is 316. The quantitative estimate of drug-likeness (QED) is 0.691. The third-order valence-corrected chi connectivity index (χ3v) is 1.66. The van der Waals surface area contributed by atoms with Crippen molar-refractivity contribution in [2.24, 2.45) is 9.98 Å². The maximum absolute atomic E-state index is 10.6. The summed E-state index contributed by atoms with van der Waals surface area (Å²) in [5.74, 6) is -0.966. The minimum Gasteiger partial charge on any atom is -0.480 e. The van der Waals surface area contributed by atoms with Gasteiger partial charge in [-0.2, -0.15) is 0 Å². The van der Waals surface area contributed by atoms with E-state index in [1.165, 1.54) is 6.08 Å². The molecule has 0 fully saturated rings. The molecule has 0 aromatic carbocycles. The molecule has 1 aliphatic heterocycles. The van der Waals surface area contributed by atoms with Gasteiger partial charge in [0.25, 0.3) is 0 Å². The third-order valence-electron chi connectivity index (χ3n) is 1.66. The van der Waals surface area contributed by atoms with Crippen LogP contribution in [0.4, 0.5) is 0 Å². The lowest BCUT2D eigenvalue weighted by molar-refractivity contribution is -0.138. The van der Waals surface area contributed by atoms with Crippen molar-refractivity contribution in [1.29, 1.82) is 0 Å². The third kappa shape index (κ3) is 1.90. The smallest absolute Gasteiger partial charge is 0.330 e. The van der Waals surface area contributed by atoms with E-state index in [1.54, 1.807) is 6.08 Å². The van der Waals surface area contributed by atoms with Crippen LogP contribution in [-0.2, 0) is 4.79 Å². The SMILES string of the molecule is C=CC1=NCC(C(=O)O)N=C1C=C. The van der Waals surface area contributed by atoms with Crippen molar-refractivity contribution >= 4 is 17.4 Å². The zero-order chi connectivity index (χ0) is 9.84. The van der Waals surface area contributed by atoms with Crippen LogP contribution < -0.4 is 0 Å². The van der Waals surface area contributed by atoms with Gasteiger partial charge in [-0.3, -0.25) is 9.98 Å². The van der Waals surface area contributed by atoms with Crippen LogP contribution in [0.3, 0.4) is 0 Å². The average molecular weight is 178 g/mol. The fourth-order valence-corrected chi connectivity index (χ4v) is 1.00. The summed E-state index contributed by atoms with van der Waals surface area (Å²) in [6, 6.07) is -0.781. The zero-order valence-electron chi connectivity index (χ0n) is 7.10. The maximum atomic E-state index is 10.6. The van der Waals surface area contributed by atoms with E-state index in [0.29, 0.717) is 11.4 Å². The Morgan fingerprint density at radius 3 is 2.54 bits per heavy atom. The summed E-state index contributed by atoms with van der Waals surface area (Å²) in [5.41, 5.74) is 1.10. The number of hydrogen-bond acceptors (Lipinski definition) is 3. The molecule has 1 heterocycles. The highest BCUT2D eigenvalue weighted by Crippen LogP contribution is 2.04. The van der Waals surface area contributed by atoms with Crippen molar-refractivity contribution < 1.29 is 9.90 Å². The topological polar surface area (TPSA) is 62.0 Å². The first-order valence-corrected chi connectivity index (χ1v) is 3.79. The Morgan fingerprint density at radius 1 is 1.46 bits per heavy atom. The van der Waals surface area contributed by atoms with Crippen molar-refractivity contribution in [3.8, 4) is 0 Å². The predicted molar refractivity (Wildman–Crippen MR) is 51.6 cm³/mol. The number of aliphatic imine (C=N–C) groups is 2. The van der Waals surface area contributed by atoms with E-state index in [9.17, 15) is 4.79 Å². The summed E-state index contributed by atoms with van der Waals surface area (Å²) < 4.78 is 0.